The molecule has 2 unspecified atom stereocenters. The van der Waals surface area contributed by atoms with E-state index >= 15 is 0 Å². The number of hydrogen-bond acceptors (Lipinski definition) is 5. The minimum Gasteiger partial charge on any atom is -0.464 e. The maximum absolute atomic E-state index is 12.7. The lowest BCUT2D eigenvalue weighted by Gasteiger charge is -2.14. The molecule has 1 N–H and O–H groups in total. The van der Waals surface area contributed by atoms with Crippen molar-refractivity contribution >= 4 is 27.3 Å². The lowest BCUT2D eigenvalue weighted by Crippen LogP contribution is -2.25. The highest BCUT2D eigenvalue weighted by Gasteiger charge is 2.36. The molecule has 6 nitrogen and oxygen atoms in total. The van der Waals surface area contributed by atoms with Gasteiger partial charge < -0.3 is 9.73 Å². The Labute approximate surface area is 151 Å². The molecule has 2 heterocycles. The number of thiophene rings is 1. The van der Waals surface area contributed by atoms with E-state index in [1.165, 1.54) is 22.6 Å². The van der Waals surface area contributed by atoms with E-state index in [4.69, 9.17) is 4.42 Å². The van der Waals surface area contributed by atoms with E-state index in [2.05, 4.69) is 12.2 Å². The van der Waals surface area contributed by atoms with Crippen LogP contribution >= 0.6 is 11.3 Å². The Morgan fingerprint density at radius 1 is 1.36 bits per heavy atom. The van der Waals surface area contributed by atoms with Gasteiger partial charge in [-0.15, -0.1) is 11.3 Å². The van der Waals surface area contributed by atoms with Crippen molar-refractivity contribution in [2.75, 3.05) is 7.05 Å². The van der Waals surface area contributed by atoms with Crippen molar-refractivity contribution in [2.24, 2.45) is 5.92 Å². The van der Waals surface area contributed by atoms with Crippen LogP contribution in [0.1, 0.15) is 42.6 Å². The summed E-state index contributed by atoms with van der Waals surface area (Å²) < 4.78 is 32.8. The van der Waals surface area contributed by atoms with Gasteiger partial charge in [0.05, 0.1) is 13.1 Å². The Morgan fingerprint density at radius 2 is 2.08 bits per heavy atom. The van der Waals surface area contributed by atoms with E-state index in [1.807, 2.05) is 12.1 Å². The third-order valence-corrected chi connectivity index (χ3v) is 7.71. The van der Waals surface area contributed by atoms with Crippen molar-refractivity contribution in [1.82, 2.24) is 9.62 Å². The number of carbonyl (C=O) groups excluding carboxylic acids is 1. The molecule has 2 aromatic rings. The SMILES string of the molecule is CC(=O)NCc1ccc(S(=O)(=O)N(C)Cc2ccc(C3CC3C)o2)s1. The normalized spacial score (nSPS) is 20.0. The molecule has 1 aliphatic carbocycles. The smallest absolute Gasteiger partial charge is 0.252 e. The lowest BCUT2D eigenvalue weighted by molar-refractivity contribution is -0.119. The summed E-state index contributed by atoms with van der Waals surface area (Å²) in [6.45, 7) is 4.14. The molecule has 3 rings (SSSR count). The molecule has 25 heavy (non-hydrogen) atoms. The molecule has 2 atom stereocenters. The summed E-state index contributed by atoms with van der Waals surface area (Å²) >= 11 is 1.17. The molecule has 0 bridgehead atoms. The van der Waals surface area contributed by atoms with Crippen LogP contribution in [0.2, 0.25) is 0 Å². The Hall–Kier alpha value is -1.64. The molecule has 8 heteroatoms. The molecular formula is C17H22N2O4S2. The topological polar surface area (TPSA) is 79.6 Å². The van der Waals surface area contributed by atoms with Crippen molar-refractivity contribution in [2.45, 2.75) is 43.5 Å². The molecule has 1 saturated carbocycles. The van der Waals surface area contributed by atoms with Crippen molar-refractivity contribution in [3.8, 4) is 0 Å². The summed E-state index contributed by atoms with van der Waals surface area (Å²) in [5.74, 6) is 2.57. The van der Waals surface area contributed by atoms with Crippen molar-refractivity contribution in [3.63, 3.8) is 0 Å². The first-order valence-corrected chi connectivity index (χ1v) is 10.4. The first kappa shape index (κ1) is 18.2. The third-order valence-electron chi connectivity index (χ3n) is 4.35. The molecule has 136 valence electrons. The fraction of sp³-hybridized carbons (Fsp3) is 0.471. The summed E-state index contributed by atoms with van der Waals surface area (Å²) in [6.07, 6.45) is 1.13. The standard InChI is InChI=1S/C17H22N2O4S2/c1-11-8-15(11)16-6-4-13(23-16)10-19(3)25(21,22)17-7-5-14(24-17)9-18-12(2)20/h4-7,11,15H,8-10H2,1-3H3,(H,18,20). The Morgan fingerprint density at radius 3 is 2.72 bits per heavy atom. The minimum absolute atomic E-state index is 0.145. The van der Waals surface area contributed by atoms with Crippen LogP contribution in [-0.2, 0) is 27.9 Å². The average Bonchev–Trinajstić information content (AvgIpc) is 2.95. The van der Waals surface area contributed by atoms with Gasteiger partial charge in [-0.1, -0.05) is 6.92 Å². The van der Waals surface area contributed by atoms with Crippen molar-refractivity contribution < 1.29 is 17.6 Å². The van der Waals surface area contributed by atoms with E-state index < -0.39 is 10.0 Å². The summed E-state index contributed by atoms with van der Waals surface area (Å²) in [7, 11) is -2.04. The fourth-order valence-corrected chi connectivity index (χ4v) is 5.30. The maximum atomic E-state index is 12.7. The van der Waals surface area contributed by atoms with E-state index in [0.717, 1.165) is 17.1 Å². The maximum Gasteiger partial charge on any atom is 0.252 e. The predicted molar refractivity (Wildman–Crippen MR) is 95.7 cm³/mol. The molecule has 0 spiro atoms. The molecule has 1 amide bonds. The van der Waals surface area contributed by atoms with Crippen LogP contribution in [0, 0.1) is 5.92 Å². The number of furan rings is 1. The van der Waals surface area contributed by atoms with Gasteiger partial charge in [0, 0.05) is 24.8 Å². The van der Waals surface area contributed by atoms with Gasteiger partial charge in [-0.2, -0.15) is 4.31 Å². The summed E-state index contributed by atoms with van der Waals surface area (Å²) in [5, 5.41) is 2.67. The molecule has 2 aromatic heterocycles. The van der Waals surface area contributed by atoms with Crippen molar-refractivity contribution in [1.29, 1.82) is 0 Å². The van der Waals surface area contributed by atoms with Gasteiger partial charge in [0.1, 0.15) is 15.7 Å². The first-order valence-electron chi connectivity index (χ1n) is 8.15. The molecule has 0 aliphatic heterocycles. The third kappa shape index (κ3) is 4.13. The molecule has 0 radical (unpaired) electrons. The van der Waals surface area contributed by atoms with Gasteiger partial charge in [-0.3, -0.25) is 4.79 Å². The zero-order valence-corrected chi connectivity index (χ0v) is 16.1. The minimum atomic E-state index is -3.58. The van der Waals surface area contributed by atoms with Gasteiger partial charge in [0.15, 0.2) is 0 Å². The average molecular weight is 383 g/mol. The van der Waals surface area contributed by atoms with Crippen LogP contribution in [0.3, 0.4) is 0 Å². The van der Waals surface area contributed by atoms with E-state index in [9.17, 15) is 13.2 Å². The number of nitrogens with zero attached hydrogens (tertiary/aromatic N) is 1. The lowest BCUT2D eigenvalue weighted by atomic mass is 10.3. The molecule has 0 saturated heterocycles. The van der Waals surface area contributed by atoms with Crippen LogP contribution in [0.5, 0.6) is 0 Å². The van der Waals surface area contributed by atoms with Crippen LogP contribution < -0.4 is 5.32 Å². The highest BCUT2D eigenvalue weighted by Crippen LogP contribution is 2.47. The molecule has 1 aliphatic rings. The van der Waals surface area contributed by atoms with Gasteiger partial charge >= 0.3 is 0 Å². The number of hydrogen-bond donors (Lipinski definition) is 1. The second-order valence-electron chi connectivity index (χ2n) is 6.52. The number of amides is 1. The largest absolute Gasteiger partial charge is 0.464 e. The Bertz CT molecular complexity index is 869. The molecule has 1 fully saturated rings. The quantitative estimate of drug-likeness (QED) is 0.798. The van der Waals surface area contributed by atoms with Crippen LogP contribution in [0.25, 0.3) is 0 Å². The number of rotatable bonds is 7. The Kier molecular flexibility index (Phi) is 5.04. The molecular weight excluding hydrogens is 360 g/mol. The van der Waals surface area contributed by atoms with Crippen molar-refractivity contribution in [3.05, 3.63) is 40.7 Å². The Balaban J connectivity index is 1.66. The van der Waals surface area contributed by atoms with Gasteiger partial charge in [-0.05, 0) is 36.6 Å². The van der Waals surface area contributed by atoms with E-state index in [1.54, 1.807) is 19.2 Å². The number of nitrogens with one attached hydrogen (secondary N) is 1. The highest BCUT2D eigenvalue weighted by atomic mass is 32.2. The first-order chi connectivity index (χ1) is 11.8. The summed E-state index contributed by atoms with van der Waals surface area (Å²) in [4.78, 5) is 11.8. The predicted octanol–water partition coefficient (Wildman–Crippen LogP) is 2.92. The van der Waals surface area contributed by atoms with Crippen LogP contribution in [0.15, 0.2) is 32.9 Å². The van der Waals surface area contributed by atoms with E-state index in [0.29, 0.717) is 24.1 Å². The van der Waals surface area contributed by atoms with Crippen LogP contribution in [-0.4, -0.2) is 25.7 Å². The molecule has 0 aromatic carbocycles. The monoisotopic (exact) mass is 382 g/mol. The van der Waals surface area contributed by atoms with E-state index in [-0.39, 0.29) is 16.7 Å². The summed E-state index contributed by atoms with van der Waals surface area (Å²) in [5.41, 5.74) is 0. The number of carbonyl (C=O) groups is 1. The van der Waals surface area contributed by atoms with Gasteiger partial charge in [-0.25, -0.2) is 8.42 Å². The van der Waals surface area contributed by atoms with Gasteiger partial charge in [0.25, 0.3) is 10.0 Å². The fourth-order valence-electron chi connectivity index (χ4n) is 2.66. The second kappa shape index (κ2) is 6.93. The highest BCUT2D eigenvalue weighted by molar-refractivity contribution is 7.91. The zero-order chi connectivity index (χ0) is 18.2. The second-order valence-corrected chi connectivity index (χ2v) is 9.96. The summed E-state index contributed by atoms with van der Waals surface area (Å²) in [6, 6.07) is 7.09. The zero-order valence-electron chi connectivity index (χ0n) is 14.5. The van der Waals surface area contributed by atoms with Crippen LogP contribution in [0.4, 0.5) is 0 Å². The van der Waals surface area contributed by atoms with Gasteiger partial charge in [0.2, 0.25) is 5.91 Å². The number of sulfonamides is 1.